The molecular formula is C22H28N2O2. The van der Waals surface area contributed by atoms with E-state index in [1.807, 2.05) is 36.4 Å². The average molecular weight is 352 g/mol. The first-order valence-corrected chi connectivity index (χ1v) is 9.32. The van der Waals surface area contributed by atoms with Crippen molar-refractivity contribution in [1.82, 2.24) is 4.90 Å². The largest absolute Gasteiger partial charge is 0.467 e. The highest BCUT2D eigenvalue weighted by Crippen LogP contribution is 2.33. The van der Waals surface area contributed by atoms with Crippen LogP contribution in [-0.2, 0) is 16.0 Å². The summed E-state index contributed by atoms with van der Waals surface area (Å²) >= 11 is 0. The number of benzene rings is 2. The second-order valence-electron chi connectivity index (χ2n) is 7.14. The number of esters is 1. The van der Waals surface area contributed by atoms with Crippen molar-refractivity contribution in [3.8, 4) is 0 Å². The molecule has 1 aliphatic rings. The van der Waals surface area contributed by atoms with E-state index in [1.165, 1.54) is 12.7 Å². The molecule has 4 heteroatoms. The molecule has 138 valence electrons. The Hall–Kier alpha value is -2.33. The number of piperidine rings is 1. The quantitative estimate of drug-likeness (QED) is 0.807. The summed E-state index contributed by atoms with van der Waals surface area (Å²) in [4.78, 5) is 15.1. The first-order chi connectivity index (χ1) is 12.6. The van der Waals surface area contributed by atoms with Gasteiger partial charge in [0.2, 0.25) is 0 Å². The molecule has 0 amide bonds. The maximum Gasteiger partial charge on any atom is 0.331 e. The first kappa shape index (κ1) is 18.5. The van der Waals surface area contributed by atoms with E-state index < -0.39 is 5.54 Å². The third kappa shape index (κ3) is 4.07. The van der Waals surface area contributed by atoms with Gasteiger partial charge in [0.25, 0.3) is 0 Å². The maximum absolute atomic E-state index is 12.7. The molecule has 1 aliphatic heterocycles. The molecule has 0 unspecified atom stereocenters. The number of para-hydroxylation sites is 1. The van der Waals surface area contributed by atoms with Gasteiger partial charge in [-0.05, 0) is 30.5 Å². The normalized spacial score (nSPS) is 23.4. The van der Waals surface area contributed by atoms with Crippen LogP contribution >= 0.6 is 0 Å². The zero-order valence-electron chi connectivity index (χ0n) is 15.7. The Bertz CT molecular complexity index is 705. The van der Waals surface area contributed by atoms with Crippen molar-refractivity contribution in [3.05, 3.63) is 66.2 Å². The summed E-state index contributed by atoms with van der Waals surface area (Å²) in [7, 11) is 1.48. The van der Waals surface area contributed by atoms with Crippen molar-refractivity contribution in [2.24, 2.45) is 5.92 Å². The first-order valence-electron chi connectivity index (χ1n) is 9.32. The number of anilines is 1. The van der Waals surface area contributed by atoms with Gasteiger partial charge in [-0.3, -0.25) is 0 Å². The third-order valence-electron chi connectivity index (χ3n) is 5.45. The molecule has 2 aromatic rings. The molecule has 1 heterocycles. The molecule has 0 aliphatic carbocycles. The number of methoxy groups -OCH3 is 1. The molecule has 1 saturated heterocycles. The molecule has 0 saturated carbocycles. The Morgan fingerprint density at radius 2 is 1.81 bits per heavy atom. The number of likely N-dealkylation sites (tertiary alicyclic amines) is 1. The minimum atomic E-state index is -0.667. The van der Waals surface area contributed by atoms with Crippen molar-refractivity contribution in [2.45, 2.75) is 25.3 Å². The fraction of sp³-hybridized carbons (Fsp3) is 0.409. The Morgan fingerprint density at radius 3 is 2.42 bits per heavy atom. The summed E-state index contributed by atoms with van der Waals surface area (Å²) < 4.78 is 5.18. The highest BCUT2D eigenvalue weighted by atomic mass is 16.5. The molecule has 3 rings (SSSR count). The van der Waals surface area contributed by atoms with Crippen LogP contribution in [0.15, 0.2) is 60.7 Å². The molecule has 4 nitrogen and oxygen atoms in total. The molecule has 2 aromatic carbocycles. The van der Waals surface area contributed by atoms with E-state index in [1.54, 1.807) is 0 Å². The van der Waals surface area contributed by atoms with E-state index in [0.29, 0.717) is 0 Å². The Morgan fingerprint density at radius 1 is 1.15 bits per heavy atom. The Labute approximate surface area is 156 Å². The number of nitrogens with zero attached hydrogens (tertiary/aromatic N) is 1. The van der Waals surface area contributed by atoms with Crippen LogP contribution in [0.25, 0.3) is 0 Å². The van der Waals surface area contributed by atoms with Crippen LogP contribution in [0.1, 0.15) is 18.9 Å². The van der Waals surface area contributed by atoms with Gasteiger partial charge in [0, 0.05) is 31.2 Å². The second kappa shape index (κ2) is 8.37. The van der Waals surface area contributed by atoms with Crippen molar-refractivity contribution in [2.75, 3.05) is 32.1 Å². The fourth-order valence-corrected chi connectivity index (χ4v) is 3.85. The zero-order chi connectivity index (χ0) is 18.4. The van der Waals surface area contributed by atoms with E-state index in [4.69, 9.17) is 4.74 Å². The number of ether oxygens (including phenoxy) is 1. The lowest BCUT2D eigenvalue weighted by molar-refractivity contribution is -0.150. The Balaban J connectivity index is 1.67. The summed E-state index contributed by atoms with van der Waals surface area (Å²) in [5.41, 5.74) is 1.65. The van der Waals surface area contributed by atoms with Crippen LogP contribution in [0.5, 0.6) is 0 Å². The number of rotatable bonds is 6. The van der Waals surface area contributed by atoms with Gasteiger partial charge >= 0.3 is 5.97 Å². The minimum Gasteiger partial charge on any atom is -0.467 e. The smallest absolute Gasteiger partial charge is 0.331 e. The maximum atomic E-state index is 12.7. The van der Waals surface area contributed by atoms with E-state index in [2.05, 4.69) is 41.4 Å². The molecule has 26 heavy (non-hydrogen) atoms. The lowest BCUT2D eigenvalue weighted by atomic mass is 9.78. The summed E-state index contributed by atoms with van der Waals surface area (Å²) in [5, 5.41) is 3.49. The van der Waals surface area contributed by atoms with E-state index >= 15 is 0 Å². The lowest BCUT2D eigenvalue weighted by Crippen LogP contribution is -2.60. The van der Waals surface area contributed by atoms with Gasteiger partial charge in [0.1, 0.15) is 5.54 Å². The van der Waals surface area contributed by atoms with Crippen LogP contribution in [0.4, 0.5) is 5.69 Å². The van der Waals surface area contributed by atoms with E-state index in [-0.39, 0.29) is 11.9 Å². The zero-order valence-corrected chi connectivity index (χ0v) is 15.7. The van der Waals surface area contributed by atoms with Gasteiger partial charge in [-0.1, -0.05) is 55.5 Å². The van der Waals surface area contributed by atoms with Crippen LogP contribution in [0.3, 0.4) is 0 Å². The number of carbonyl (C=O) groups excluding carboxylic acids is 1. The molecule has 0 bridgehead atoms. The molecule has 0 radical (unpaired) electrons. The lowest BCUT2D eigenvalue weighted by Gasteiger charge is -2.45. The SMILES string of the molecule is COC(=O)[C@@]1(Nc2ccccc2)CCN(CCc2ccccc2)C[C@@H]1C. The summed E-state index contributed by atoms with van der Waals surface area (Å²) in [6, 6.07) is 20.5. The molecular weight excluding hydrogens is 324 g/mol. The third-order valence-corrected chi connectivity index (χ3v) is 5.45. The average Bonchev–Trinajstić information content (AvgIpc) is 2.69. The van der Waals surface area contributed by atoms with E-state index in [0.717, 1.165) is 38.2 Å². The van der Waals surface area contributed by atoms with Gasteiger partial charge < -0.3 is 15.0 Å². The molecule has 1 N–H and O–H groups in total. The minimum absolute atomic E-state index is 0.152. The molecule has 0 aromatic heterocycles. The monoisotopic (exact) mass is 352 g/mol. The van der Waals surface area contributed by atoms with Crippen LogP contribution < -0.4 is 5.32 Å². The van der Waals surface area contributed by atoms with Gasteiger partial charge in [0.05, 0.1) is 7.11 Å². The van der Waals surface area contributed by atoms with Crippen LogP contribution in [0.2, 0.25) is 0 Å². The standard InChI is InChI=1S/C22H28N2O2/c1-18-17-24(15-13-19-9-5-3-6-10-19)16-14-22(18,21(25)26-2)23-20-11-7-4-8-12-20/h3-12,18,23H,13-17H2,1-2H3/t18-,22+/m0/s1. The van der Waals surface area contributed by atoms with Gasteiger partial charge in [-0.2, -0.15) is 0 Å². The predicted octanol–water partition coefficient (Wildman–Crippen LogP) is 3.59. The number of hydrogen-bond donors (Lipinski definition) is 1. The fourth-order valence-electron chi connectivity index (χ4n) is 3.85. The number of nitrogens with one attached hydrogen (secondary N) is 1. The van der Waals surface area contributed by atoms with E-state index in [9.17, 15) is 4.79 Å². The second-order valence-corrected chi connectivity index (χ2v) is 7.14. The summed E-state index contributed by atoms with van der Waals surface area (Å²) in [6.07, 6.45) is 1.77. The topological polar surface area (TPSA) is 41.6 Å². The van der Waals surface area contributed by atoms with Gasteiger partial charge in [0.15, 0.2) is 0 Å². The van der Waals surface area contributed by atoms with Gasteiger partial charge in [-0.25, -0.2) is 4.79 Å². The van der Waals surface area contributed by atoms with Crippen molar-refractivity contribution in [1.29, 1.82) is 0 Å². The molecule has 0 spiro atoms. The van der Waals surface area contributed by atoms with Gasteiger partial charge in [-0.15, -0.1) is 0 Å². The summed E-state index contributed by atoms with van der Waals surface area (Å²) in [5.74, 6) is -0.0174. The van der Waals surface area contributed by atoms with Crippen molar-refractivity contribution >= 4 is 11.7 Å². The Kier molecular flexibility index (Phi) is 5.94. The molecule has 1 fully saturated rings. The number of carbonyl (C=O) groups is 1. The number of hydrogen-bond acceptors (Lipinski definition) is 4. The van der Waals surface area contributed by atoms with Crippen LogP contribution in [0, 0.1) is 5.92 Å². The van der Waals surface area contributed by atoms with Crippen LogP contribution in [-0.4, -0.2) is 43.2 Å². The summed E-state index contributed by atoms with van der Waals surface area (Å²) in [6.45, 7) is 4.91. The highest BCUT2D eigenvalue weighted by molar-refractivity contribution is 5.85. The highest BCUT2D eigenvalue weighted by Gasteiger charge is 2.47. The predicted molar refractivity (Wildman–Crippen MR) is 105 cm³/mol. The van der Waals surface area contributed by atoms with Crippen molar-refractivity contribution < 1.29 is 9.53 Å². The molecule has 2 atom stereocenters. The van der Waals surface area contributed by atoms with Crippen molar-refractivity contribution in [3.63, 3.8) is 0 Å².